The van der Waals surface area contributed by atoms with Gasteiger partial charge < -0.3 is 14.9 Å². The Hall–Kier alpha value is -2.15. The molecule has 2 aliphatic rings. The van der Waals surface area contributed by atoms with Crippen LogP contribution in [0.2, 0.25) is 0 Å². The third-order valence-electron chi connectivity index (χ3n) is 5.48. The van der Waals surface area contributed by atoms with Gasteiger partial charge in [0, 0.05) is 32.1 Å². The minimum Gasteiger partial charge on any atom is -0.481 e. The van der Waals surface area contributed by atoms with Crippen molar-refractivity contribution >= 4 is 38.6 Å². The number of aliphatic carboxylic acids is 1. The van der Waals surface area contributed by atoms with Crippen LogP contribution in [0, 0.1) is 11.8 Å². The number of carbonyl (C=O) groups is 2. The van der Waals surface area contributed by atoms with Crippen LogP contribution in [-0.2, 0) is 9.59 Å². The number of likely N-dealkylation sites (tertiary alicyclic amines) is 1. The van der Waals surface area contributed by atoms with E-state index >= 15 is 0 Å². The Morgan fingerprint density at radius 1 is 1.08 bits per heavy atom. The lowest BCUT2D eigenvalue weighted by Gasteiger charge is -2.36. The largest absolute Gasteiger partial charge is 0.481 e. The van der Waals surface area contributed by atoms with Crippen molar-refractivity contribution in [3.63, 3.8) is 0 Å². The summed E-state index contributed by atoms with van der Waals surface area (Å²) in [6, 6.07) is 8.14. The van der Waals surface area contributed by atoms with Crippen molar-refractivity contribution in [3.8, 4) is 0 Å². The fraction of sp³-hybridized carbons (Fsp3) is 0.526. The molecule has 138 valence electrons. The number of hydrogen-bond donors (Lipinski definition) is 1. The smallest absolute Gasteiger partial charge is 0.308 e. The zero-order valence-electron chi connectivity index (χ0n) is 14.6. The lowest BCUT2D eigenvalue weighted by Crippen LogP contribution is -2.47. The van der Waals surface area contributed by atoms with Crippen molar-refractivity contribution in [1.29, 1.82) is 0 Å². The molecule has 1 aromatic carbocycles. The highest BCUT2D eigenvalue weighted by molar-refractivity contribution is 7.22. The van der Waals surface area contributed by atoms with Gasteiger partial charge in [-0.15, -0.1) is 0 Å². The van der Waals surface area contributed by atoms with E-state index in [-0.39, 0.29) is 11.8 Å². The van der Waals surface area contributed by atoms with Crippen LogP contribution in [0.15, 0.2) is 24.3 Å². The second kappa shape index (κ2) is 7.23. The van der Waals surface area contributed by atoms with Crippen LogP contribution in [0.5, 0.6) is 0 Å². The second-order valence-corrected chi connectivity index (χ2v) is 8.20. The van der Waals surface area contributed by atoms with Crippen molar-refractivity contribution in [2.24, 2.45) is 11.8 Å². The molecule has 0 radical (unpaired) electrons. The predicted molar refractivity (Wildman–Crippen MR) is 101 cm³/mol. The third-order valence-corrected chi connectivity index (χ3v) is 6.58. The maximum absolute atomic E-state index is 12.8. The molecule has 0 unspecified atom stereocenters. The summed E-state index contributed by atoms with van der Waals surface area (Å²) in [4.78, 5) is 32.8. The molecule has 1 atom stereocenters. The van der Waals surface area contributed by atoms with Gasteiger partial charge in [0.2, 0.25) is 5.91 Å². The number of nitrogens with zero attached hydrogens (tertiary/aromatic N) is 3. The van der Waals surface area contributed by atoms with Gasteiger partial charge in [-0.3, -0.25) is 9.59 Å². The summed E-state index contributed by atoms with van der Waals surface area (Å²) in [6.45, 7) is 2.71. The number of carbonyl (C=O) groups excluding carboxylic acids is 1. The summed E-state index contributed by atoms with van der Waals surface area (Å²) >= 11 is 1.70. The van der Waals surface area contributed by atoms with E-state index in [4.69, 9.17) is 4.98 Å². The third kappa shape index (κ3) is 3.40. The molecule has 2 aromatic rings. The average molecular weight is 373 g/mol. The normalized spacial score (nSPS) is 21.9. The summed E-state index contributed by atoms with van der Waals surface area (Å²) in [5, 5.41) is 10.2. The van der Waals surface area contributed by atoms with Crippen molar-refractivity contribution in [2.45, 2.75) is 25.7 Å². The summed E-state index contributed by atoms with van der Waals surface area (Å²) in [5.74, 6) is -1.04. The molecule has 0 bridgehead atoms. The molecule has 26 heavy (non-hydrogen) atoms. The van der Waals surface area contributed by atoms with Crippen molar-refractivity contribution < 1.29 is 14.7 Å². The number of rotatable bonds is 3. The molecule has 3 heterocycles. The van der Waals surface area contributed by atoms with Gasteiger partial charge in [0.1, 0.15) is 0 Å². The van der Waals surface area contributed by atoms with E-state index in [1.807, 2.05) is 18.2 Å². The van der Waals surface area contributed by atoms with Gasteiger partial charge in [-0.25, -0.2) is 4.98 Å². The first-order valence-electron chi connectivity index (χ1n) is 9.24. The van der Waals surface area contributed by atoms with Crippen molar-refractivity contribution in [1.82, 2.24) is 9.88 Å². The van der Waals surface area contributed by atoms with Gasteiger partial charge in [0.15, 0.2) is 5.13 Å². The number of hydrogen-bond acceptors (Lipinski definition) is 5. The van der Waals surface area contributed by atoms with Gasteiger partial charge in [0.05, 0.1) is 16.1 Å². The standard InChI is InChI=1S/C19H23N3O3S/c23-17(22-9-3-4-14(12-22)18(24)25)13-7-10-21(11-8-13)19-20-15-5-1-2-6-16(15)26-19/h1-2,5-6,13-14H,3-4,7-12H2,(H,24,25)/t14-/m0/s1. The number of fused-ring (bicyclic) bond motifs is 1. The number of benzene rings is 1. The van der Waals surface area contributed by atoms with E-state index in [0.29, 0.717) is 19.5 Å². The van der Waals surface area contributed by atoms with Crippen molar-refractivity contribution in [2.75, 3.05) is 31.1 Å². The minimum absolute atomic E-state index is 0.00757. The van der Waals surface area contributed by atoms with Crippen LogP contribution in [0.3, 0.4) is 0 Å². The van der Waals surface area contributed by atoms with Crippen LogP contribution in [0.1, 0.15) is 25.7 Å². The molecule has 4 rings (SSSR count). The Bertz CT molecular complexity index is 780. The van der Waals surface area contributed by atoms with E-state index in [9.17, 15) is 14.7 Å². The van der Waals surface area contributed by atoms with E-state index in [2.05, 4.69) is 11.0 Å². The number of para-hydroxylation sites is 1. The highest BCUT2D eigenvalue weighted by atomic mass is 32.1. The molecule has 1 aromatic heterocycles. The Kier molecular flexibility index (Phi) is 4.80. The molecule has 0 aliphatic carbocycles. The molecule has 2 saturated heterocycles. The lowest BCUT2D eigenvalue weighted by molar-refractivity contribution is -0.147. The van der Waals surface area contributed by atoms with Crippen LogP contribution in [-0.4, -0.2) is 53.0 Å². The Morgan fingerprint density at radius 2 is 1.85 bits per heavy atom. The van der Waals surface area contributed by atoms with E-state index in [1.165, 1.54) is 4.70 Å². The zero-order valence-corrected chi connectivity index (χ0v) is 15.5. The topological polar surface area (TPSA) is 73.7 Å². The fourth-order valence-electron chi connectivity index (χ4n) is 3.95. The fourth-order valence-corrected chi connectivity index (χ4v) is 4.97. The van der Waals surface area contributed by atoms with Gasteiger partial charge >= 0.3 is 5.97 Å². The Balaban J connectivity index is 1.37. The monoisotopic (exact) mass is 373 g/mol. The maximum atomic E-state index is 12.8. The number of thiazole rings is 1. The maximum Gasteiger partial charge on any atom is 0.308 e. The lowest BCUT2D eigenvalue weighted by atomic mass is 9.92. The Morgan fingerprint density at radius 3 is 2.58 bits per heavy atom. The number of carboxylic acid groups (broad SMARTS) is 1. The van der Waals surface area contributed by atoms with E-state index in [0.717, 1.165) is 43.0 Å². The van der Waals surface area contributed by atoms with E-state index in [1.54, 1.807) is 16.2 Å². The van der Waals surface area contributed by atoms with Crippen LogP contribution >= 0.6 is 11.3 Å². The number of anilines is 1. The number of amides is 1. The summed E-state index contributed by atoms with van der Waals surface area (Å²) in [6.07, 6.45) is 3.08. The number of piperidine rings is 2. The highest BCUT2D eigenvalue weighted by Crippen LogP contribution is 2.32. The van der Waals surface area contributed by atoms with Crippen LogP contribution in [0.4, 0.5) is 5.13 Å². The zero-order chi connectivity index (χ0) is 18.1. The summed E-state index contributed by atoms with van der Waals surface area (Å²) in [7, 11) is 0. The predicted octanol–water partition coefficient (Wildman–Crippen LogP) is 2.84. The molecular weight excluding hydrogens is 350 g/mol. The molecule has 7 heteroatoms. The first-order chi connectivity index (χ1) is 12.6. The highest BCUT2D eigenvalue weighted by Gasteiger charge is 2.33. The Labute approximate surface area is 156 Å². The molecule has 0 saturated carbocycles. The first kappa shape index (κ1) is 17.3. The van der Waals surface area contributed by atoms with Crippen LogP contribution in [0.25, 0.3) is 10.2 Å². The minimum atomic E-state index is -0.784. The number of aromatic nitrogens is 1. The quantitative estimate of drug-likeness (QED) is 0.896. The summed E-state index contributed by atoms with van der Waals surface area (Å²) in [5.41, 5.74) is 1.03. The van der Waals surface area contributed by atoms with E-state index < -0.39 is 11.9 Å². The van der Waals surface area contributed by atoms with Gasteiger partial charge in [0.25, 0.3) is 0 Å². The molecule has 1 amide bonds. The van der Waals surface area contributed by atoms with Gasteiger partial charge in [-0.2, -0.15) is 0 Å². The molecular formula is C19H23N3O3S. The molecule has 0 spiro atoms. The van der Waals surface area contributed by atoms with Crippen LogP contribution < -0.4 is 4.90 Å². The molecule has 2 fully saturated rings. The molecule has 6 nitrogen and oxygen atoms in total. The first-order valence-corrected chi connectivity index (χ1v) is 10.1. The molecule has 1 N–H and O–H groups in total. The summed E-state index contributed by atoms with van der Waals surface area (Å²) < 4.78 is 1.19. The van der Waals surface area contributed by atoms with Gasteiger partial charge in [-0.05, 0) is 37.8 Å². The van der Waals surface area contributed by atoms with Crippen molar-refractivity contribution in [3.05, 3.63) is 24.3 Å². The number of carboxylic acids is 1. The average Bonchev–Trinajstić information content (AvgIpc) is 3.12. The second-order valence-electron chi connectivity index (χ2n) is 7.19. The molecule has 2 aliphatic heterocycles. The SMILES string of the molecule is O=C(O)[C@H]1CCCN(C(=O)C2CCN(c3nc4ccccc4s3)CC2)C1. The van der Waals surface area contributed by atoms with Gasteiger partial charge in [-0.1, -0.05) is 23.5 Å².